The fourth-order valence-corrected chi connectivity index (χ4v) is 1.03. The standard InChI is InChI=1S/C7H10F3N3/c1-5(2)6-12-11-4-13(6)3-7(8,9)10/h4-5H,3H2,1-2H3. The van der Waals surface area contributed by atoms with Crippen molar-refractivity contribution in [3.05, 3.63) is 12.2 Å². The van der Waals surface area contributed by atoms with Gasteiger partial charge in [-0.3, -0.25) is 0 Å². The number of rotatable bonds is 2. The van der Waals surface area contributed by atoms with Crippen molar-refractivity contribution in [1.82, 2.24) is 14.8 Å². The van der Waals surface area contributed by atoms with E-state index in [9.17, 15) is 13.2 Å². The van der Waals surface area contributed by atoms with E-state index in [1.165, 1.54) is 0 Å². The predicted octanol–water partition coefficient (Wildman–Crippen LogP) is 1.96. The summed E-state index contributed by atoms with van der Waals surface area (Å²) in [5.41, 5.74) is 0. The van der Waals surface area contributed by atoms with E-state index in [-0.39, 0.29) is 5.92 Å². The molecule has 0 N–H and O–H groups in total. The molecular formula is C7H10F3N3. The Morgan fingerprint density at radius 1 is 1.46 bits per heavy atom. The highest BCUT2D eigenvalue weighted by Crippen LogP contribution is 2.20. The predicted molar refractivity (Wildman–Crippen MR) is 40.2 cm³/mol. The molecule has 0 amide bonds. The van der Waals surface area contributed by atoms with Gasteiger partial charge in [0.05, 0.1) is 0 Å². The van der Waals surface area contributed by atoms with Crippen molar-refractivity contribution in [3.8, 4) is 0 Å². The van der Waals surface area contributed by atoms with Crippen LogP contribution in [0.15, 0.2) is 6.33 Å². The number of hydrogen-bond acceptors (Lipinski definition) is 2. The minimum absolute atomic E-state index is 0.0511. The Balaban J connectivity index is 2.83. The highest BCUT2D eigenvalue weighted by molar-refractivity contribution is 4.92. The molecule has 74 valence electrons. The van der Waals surface area contributed by atoms with E-state index >= 15 is 0 Å². The summed E-state index contributed by atoms with van der Waals surface area (Å²) < 4.78 is 37.0. The molecule has 0 aliphatic carbocycles. The summed E-state index contributed by atoms with van der Waals surface area (Å²) in [6.07, 6.45) is -3.12. The second-order valence-electron chi connectivity index (χ2n) is 3.09. The molecule has 1 rings (SSSR count). The zero-order valence-corrected chi connectivity index (χ0v) is 7.34. The summed E-state index contributed by atoms with van der Waals surface area (Å²) >= 11 is 0. The quantitative estimate of drug-likeness (QED) is 0.718. The van der Waals surface area contributed by atoms with Gasteiger partial charge in [-0.15, -0.1) is 10.2 Å². The Bertz CT molecular complexity index is 277. The first kappa shape index (κ1) is 10.0. The first-order chi connectivity index (χ1) is 5.90. The second kappa shape index (κ2) is 3.35. The van der Waals surface area contributed by atoms with Crippen LogP contribution >= 0.6 is 0 Å². The van der Waals surface area contributed by atoms with Crippen LogP contribution in [0, 0.1) is 0 Å². The van der Waals surface area contributed by atoms with Crippen LogP contribution in [0.2, 0.25) is 0 Å². The average molecular weight is 193 g/mol. The number of nitrogens with zero attached hydrogens (tertiary/aromatic N) is 3. The van der Waals surface area contributed by atoms with Crippen molar-refractivity contribution in [2.45, 2.75) is 32.5 Å². The second-order valence-corrected chi connectivity index (χ2v) is 3.09. The number of hydrogen-bond donors (Lipinski definition) is 0. The molecule has 0 saturated heterocycles. The van der Waals surface area contributed by atoms with Crippen molar-refractivity contribution in [3.63, 3.8) is 0 Å². The first-order valence-electron chi connectivity index (χ1n) is 3.84. The molecule has 0 atom stereocenters. The third kappa shape index (κ3) is 2.71. The van der Waals surface area contributed by atoms with Crippen LogP contribution < -0.4 is 0 Å². The van der Waals surface area contributed by atoms with Gasteiger partial charge >= 0.3 is 6.18 Å². The molecule has 0 aliphatic heterocycles. The Labute approximate surface area is 73.6 Å². The van der Waals surface area contributed by atoms with Crippen molar-refractivity contribution in [1.29, 1.82) is 0 Å². The van der Waals surface area contributed by atoms with Crippen LogP contribution in [0.4, 0.5) is 13.2 Å². The summed E-state index contributed by atoms with van der Waals surface area (Å²) in [5.74, 6) is 0.308. The SMILES string of the molecule is CC(C)c1nncn1CC(F)(F)F. The molecule has 13 heavy (non-hydrogen) atoms. The van der Waals surface area contributed by atoms with E-state index in [1.807, 2.05) is 0 Å². The van der Waals surface area contributed by atoms with Gasteiger partial charge in [0.15, 0.2) is 0 Å². The smallest absolute Gasteiger partial charge is 0.308 e. The van der Waals surface area contributed by atoms with E-state index in [1.54, 1.807) is 13.8 Å². The molecule has 0 spiro atoms. The summed E-state index contributed by atoms with van der Waals surface area (Å²) in [7, 11) is 0. The molecule has 1 aromatic rings. The highest BCUT2D eigenvalue weighted by atomic mass is 19.4. The van der Waals surface area contributed by atoms with Crippen LogP contribution in [0.5, 0.6) is 0 Å². The Kier molecular flexibility index (Phi) is 2.58. The van der Waals surface area contributed by atoms with Gasteiger partial charge < -0.3 is 4.57 Å². The Hall–Kier alpha value is -1.07. The summed E-state index contributed by atoms with van der Waals surface area (Å²) in [4.78, 5) is 0. The summed E-state index contributed by atoms with van der Waals surface area (Å²) in [6.45, 7) is 2.53. The van der Waals surface area contributed by atoms with Crippen LogP contribution in [-0.4, -0.2) is 20.9 Å². The largest absolute Gasteiger partial charge is 0.406 e. The fraction of sp³-hybridized carbons (Fsp3) is 0.714. The molecule has 1 aromatic heterocycles. The Morgan fingerprint density at radius 2 is 2.08 bits per heavy atom. The van der Waals surface area contributed by atoms with Crippen molar-refractivity contribution >= 4 is 0 Å². The van der Waals surface area contributed by atoms with Crippen LogP contribution in [-0.2, 0) is 6.54 Å². The molecule has 3 nitrogen and oxygen atoms in total. The third-order valence-corrected chi connectivity index (χ3v) is 1.51. The first-order valence-corrected chi connectivity index (χ1v) is 3.84. The van der Waals surface area contributed by atoms with E-state index < -0.39 is 12.7 Å². The van der Waals surface area contributed by atoms with Gasteiger partial charge in [0.1, 0.15) is 18.7 Å². The maximum atomic E-state index is 12.0. The zero-order valence-electron chi connectivity index (χ0n) is 7.34. The lowest BCUT2D eigenvalue weighted by atomic mass is 10.2. The van der Waals surface area contributed by atoms with Crippen molar-refractivity contribution < 1.29 is 13.2 Å². The molecule has 0 aliphatic rings. The van der Waals surface area contributed by atoms with E-state index in [0.717, 1.165) is 10.9 Å². The maximum absolute atomic E-state index is 12.0. The van der Waals surface area contributed by atoms with E-state index in [2.05, 4.69) is 10.2 Å². The van der Waals surface area contributed by atoms with Gasteiger partial charge in [-0.25, -0.2) is 0 Å². The van der Waals surface area contributed by atoms with Gasteiger partial charge in [-0.05, 0) is 0 Å². The summed E-state index contributed by atoms with van der Waals surface area (Å²) in [6, 6.07) is 0. The molecule has 0 aromatic carbocycles. The molecule has 1 heterocycles. The Morgan fingerprint density at radius 3 is 2.54 bits per heavy atom. The number of halogens is 3. The lowest BCUT2D eigenvalue weighted by molar-refractivity contribution is -0.141. The molecular weight excluding hydrogens is 183 g/mol. The third-order valence-electron chi connectivity index (χ3n) is 1.51. The van der Waals surface area contributed by atoms with Crippen LogP contribution in [0.1, 0.15) is 25.6 Å². The number of aromatic nitrogens is 3. The van der Waals surface area contributed by atoms with Gasteiger partial charge in [0, 0.05) is 5.92 Å². The molecule has 0 bridgehead atoms. The fourth-order valence-electron chi connectivity index (χ4n) is 1.03. The van der Waals surface area contributed by atoms with Crippen LogP contribution in [0.25, 0.3) is 0 Å². The maximum Gasteiger partial charge on any atom is 0.406 e. The normalized spacial score (nSPS) is 12.5. The molecule has 0 unspecified atom stereocenters. The van der Waals surface area contributed by atoms with Crippen LogP contribution in [0.3, 0.4) is 0 Å². The van der Waals surface area contributed by atoms with E-state index in [4.69, 9.17) is 0 Å². The van der Waals surface area contributed by atoms with Gasteiger partial charge in [-0.1, -0.05) is 13.8 Å². The van der Waals surface area contributed by atoms with Crippen molar-refractivity contribution in [2.75, 3.05) is 0 Å². The number of alkyl halides is 3. The molecule has 0 radical (unpaired) electrons. The molecule has 0 fully saturated rings. The van der Waals surface area contributed by atoms with Gasteiger partial charge in [0.2, 0.25) is 0 Å². The van der Waals surface area contributed by atoms with Crippen molar-refractivity contribution in [2.24, 2.45) is 0 Å². The monoisotopic (exact) mass is 193 g/mol. The highest BCUT2D eigenvalue weighted by Gasteiger charge is 2.29. The average Bonchev–Trinajstić information content (AvgIpc) is 2.31. The van der Waals surface area contributed by atoms with Gasteiger partial charge in [-0.2, -0.15) is 13.2 Å². The minimum atomic E-state index is -4.22. The summed E-state index contributed by atoms with van der Waals surface area (Å²) in [5, 5.41) is 7.05. The molecule has 0 saturated carbocycles. The topological polar surface area (TPSA) is 30.7 Å². The molecule has 6 heteroatoms. The minimum Gasteiger partial charge on any atom is -0.308 e. The van der Waals surface area contributed by atoms with Gasteiger partial charge in [0.25, 0.3) is 0 Å². The lowest BCUT2D eigenvalue weighted by Crippen LogP contribution is -2.19. The van der Waals surface area contributed by atoms with E-state index in [0.29, 0.717) is 5.82 Å². The lowest BCUT2D eigenvalue weighted by Gasteiger charge is -2.10. The zero-order chi connectivity index (χ0) is 10.1.